The van der Waals surface area contributed by atoms with Gasteiger partial charge in [-0.2, -0.15) is 0 Å². The van der Waals surface area contributed by atoms with Crippen LogP contribution in [0, 0.1) is 0 Å². The van der Waals surface area contributed by atoms with Crippen molar-refractivity contribution in [1.82, 2.24) is 20.1 Å². The Morgan fingerprint density at radius 2 is 1.91 bits per heavy atom. The Labute approximate surface area is 142 Å². The molecule has 1 aromatic heterocycles. The van der Waals surface area contributed by atoms with E-state index in [-0.39, 0.29) is 36.8 Å². The van der Waals surface area contributed by atoms with Crippen LogP contribution in [-0.2, 0) is 11.3 Å². The van der Waals surface area contributed by atoms with E-state index in [1.807, 2.05) is 48.7 Å². The Kier molecular flexibility index (Phi) is 8.70. The minimum Gasteiger partial charge on any atom is -0.347 e. The molecule has 22 heavy (non-hydrogen) atoms. The van der Waals surface area contributed by atoms with E-state index < -0.39 is 6.04 Å². The second-order valence-electron chi connectivity index (χ2n) is 4.85. The number of carbonyl (C=O) groups is 1. The number of hydrogen-bond acceptors (Lipinski definition) is 4. The van der Waals surface area contributed by atoms with Crippen molar-refractivity contribution in [2.75, 3.05) is 0 Å². The van der Waals surface area contributed by atoms with E-state index in [1.54, 1.807) is 6.33 Å². The number of rotatable bonds is 5. The van der Waals surface area contributed by atoms with Crippen LogP contribution in [-0.4, -0.2) is 20.7 Å². The van der Waals surface area contributed by atoms with Crippen LogP contribution in [0.2, 0.25) is 0 Å². The van der Waals surface area contributed by atoms with E-state index in [4.69, 9.17) is 5.73 Å². The van der Waals surface area contributed by atoms with Crippen LogP contribution in [0.1, 0.15) is 37.3 Å². The second-order valence-corrected chi connectivity index (χ2v) is 4.85. The molecular weight excluding hydrogens is 325 g/mol. The average Bonchev–Trinajstić information content (AvgIpc) is 2.93. The van der Waals surface area contributed by atoms with Gasteiger partial charge in [0.2, 0.25) is 5.91 Å². The fourth-order valence-corrected chi connectivity index (χ4v) is 1.91. The summed E-state index contributed by atoms with van der Waals surface area (Å²) in [5.41, 5.74) is 6.71. The first-order valence-corrected chi connectivity index (χ1v) is 6.56. The lowest BCUT2D eigenvalue weighted by molar-refractivity contribution is -0.122. The topological polar surface area (TPSA) is 85.8 Å². The molecule has 6 nitrogen and oxygen atoms in total. The van der Waals surface area contributed by atoms with E-state index in [1.165, 1.54) is 0 Å². The monoisotopic (exact) mass is 345 g/mol. The fourth-order valence-electron chi connectivity index (χ4n) is 1.91. The summed E-state index contributed by atoms with van der Waals surface area (Å²) in [5.74, 6) is 0.489. The molecule has 1 aromatic carbocycles. The number of halogens is 2. The van der Waals surface area contributed by atoms with Crippen LogP contribution in [0.25, 0.3) is 0 Å². The van der Waals surface area contributed by atoms with Crippen molar-refractivity contribution >= 4 is 30.7 Å². The Bertz CT molecular complexity index is 574. The molecule has 0 aliphatic carbocycles. The van der Waals surface area contributed by atoms with Gasteiger partial charge in [-0.25, -0.2) is 0 Å². The summed E-state index contributed by atoms with van der Waals surface area (Å²) in [6.45, 7) is 4.38. The van der Waals surface area contributed by atoms with Gasteiger partial charge in [0, 0.05) is 6.04 Å². The Balaban J connectivity index is 0.00000220. The van der Waals surface area contributed by atoms with Crippen LogP contribution in [0.4, 0.5) is 0 Å². The minimum atomic E-state index is -0.674. The van der Waals surface area contributed by atoms with Crippen LogP contribution in [0.15, 0.2) is 36.7 Å². The average molecular weight is 346 g/mol. The minimum absolute atomic E-state index is 0. The Morgan fingerprint density at radius 3 is 2.50 bits per heavy atom. The lowest BCUT2D eigenvalue weighted by Gasteiger charge is -2.14. The largest absolute Gasteiger partial charge is 0.347 e. The zero-order valence-corrected chi connectivity index (χ0v) is 14.1. The summed E-state index contributed by atoms with van der Waals surface area (Å²) in [6, 6.07) is 8.85. The van der Waals surface area contributed by atoms with E-state index >= 15 is 0 Å². The van der Waals surface area contributed by atoms with Gasteiger partial charge in [0.15, 0.2) is 5.82 Å². The Morgan fingerprint density at radius 1 is 1.27 bits per heavy atom. The highest BCUT2D eigenvalue weighted by molar-refractivity contribution is 5.85. The van der Waals surface area contributed by atoms with E-state index in [0.717, 1.165) is 5.56 Å². The maximum absolute atomic E-state index is 12.0. The standard InChI is InChI=1S/C14H19N5O.2ClH/c1-10(2)19-9-17-18-12(19)8-16-14(20)13(15)11-6-4-3-5-7-11;;/h3-7,9-10,13H,8,15H2,1-2H3,(H,16,20);2*1H. The summed E-state index contributed by atoms with van der Waals surface area (Å²) in [5, 5.41) is 10.6. The third kappa shape index (κ3) is 4.98. The highest BCUT2D eigenvalue weighted by Gasteiger charge is 2.16. The summed E-state index contributed by atoms with van der Waals surface area (Å²) < 4.78 is 1.91. The Hall–Kier alpha value is -1.63. The molecule has 1 atom stereocenters. The SMILES string of the molecule is CC(C)n1cnnc1CNC(=O)C(N)c1ccccc1.Cl.Cl. The van der Waals surface area contributed by atoms with Crippen molar-refractivity contribution in [3.8, 4) is 0 Å². The molecule has 0 radical (unpaired) electrons. The number of amides is 1. The highest BCUT2D eigenvalue weighted by atomic mass is 35.5. The van der Waals surface area contributed by atoms with Crippen LogP contribution in [0.5, 0.6) is 0 Å². The van der Waals surface area contributed by atoms with Gasteiger partial charge in [-0.15, -0.1) is 35.0 Å². The summed E-state index contributed by atoms with van der Waals surface area (Å²) in [6.07, 6.45) is 1.66. The van der Waals surface area contributed by atoms with Crippen molar-refractivity contribution in [1.29, 1.82) is 0 Å². The molecule has 0 saturated carbocycles. The lowest BCUT2D eigenvalue weighted by Crippen LogP contribution is -2.34. The van der Waals surface area contributed by atoms with Crippen molar-refractivity contribution in [3.63, 3.8) is 0 Å². The molecule has 2 rings (SSSR count). The smallest absolute Gasteiger partial charge is 0.241 e. The second kappa shape index (κ2) is 9.40. The number of nitrogens with two attached hydrogens (primary N) is 1. The normalized spacial score (nSPS) is 11.3. The number of hydrogen-bond donors (Lipinski definition) is 2. The third-order valence-corrected chi connectivity index (χ3v) is 3.07. The summed E-state index contributed by atoms with van der Waals surface area (Å²) in [4.78, 5) is 12.0. The van der Waals surface area contributed by atoms with E-state index in [2.05, 4.69) is 15.5 Å². The molecule has 8 heteroatoms. The van der Waals surface area contributed by atoms with Gasteiger partial charge >= 0.3 is 0 Å². The molecule has 0 bridgehead atoms. The van der Waals surface area contributed by atoms with Crippen molar-refractivity contribution in [3.05, 3.63) is 48.0 Å². The van der Waals surface area contributed by atoms with Gasteiger partial charge in [0.1, 0.15) is 12.4 Å². The summed E-state index contributed by atoms with van der Waals surface area (Å²) in [7, 11) is 0. The molecule has 1 heterocycles. The third-order valence-electron chi connectivity index (χ3n) is 3.07. The molecule has 122 valence electrons. The van der Waals surface area contributed by atoms with Crippen molar-refractivity contribution in [2.45, 2.75) is 32.5 Å². The lowest BCUT2D eigenvalue weighted by atomic mass is 10.1. The maximum atomic E-state index is 12.0. The number of nitrogens with one attached hydrogen (secondary N) is 1. The highest BCUT2D eigenvalue weighted by Crippen LogP contribution is 2.10. The van der Waals surface area contributed by atoms with Crippen molar-refractivity contribution < 1.29 is 4.79 Å². The van der Waals surface area contributed by atoms with Crippen LogP contribution < -0.4 is 11.1 Å². The zero-order valence-electron chi connectivity index (χ0n) is 12.5. The molecule has 0 aliphatic rings. The quantitative estimate of drug-likeness (QED) is 0.867. The first-order chi connectivity index (χ1) is 9.59. The number of carbonyl (C=O) groups excluding carboxylic acids is 1. The molecule has 2 aromatic rings. The predicted octanol–water partition coefficient (Wildman–Crippen LogP) is 2.02. The maximum Gasteiger partial charge on any atom is 0.241 e. The van der Waals surface area contributed by atoms with E-state index in [0.29, 0.717) is 12.4 Å². The van der Waals surface area contributed by atoms with Crippen LogP contribution >= 0.6 is 24.8 Å². The number of aromatic nitrogens is 3. The van der Waals surface area contributed by atoms with Gasteiger partial charge in [-0.05, 0) is 19.4 Å². The molecule has 1 unspecified atom stereocenters. The fraction of sp³-hybridized carbons (Fsp3) is 0.357. The van der Waals surface area contributed by atoms with Gasteiger partial charge in [-0.1, -0.05) is 30.3 Å². The predicted molar refractivity (Wildman–Crippen MR) is 90.1 cm³/mol. The molecule has 1 amide bonds. The van der Waals surface area contributed by atoms with Gasteiger partial charge in [0.25, 0.3) is 0 Å². The molecular formula is C14H21Cl2N5O. The number of nitrogens with zero attached hydrogens (tertiary/aromatic N) is 3. The van der Waals surface area contributed by atoms with Gasteiger partial charge in [-0.3, -0.25) is 4.79 Å². The molecule has 0 saturated heterocycles. The summed E-state index contributed by atoms with van der Waals surface area (Å²) >= 11 is 0. The number of benzene rings is 1. The first-order valence-electron chi connectivity index (χ1n) is 6.56. The van der Waals surface area contributed by atoms with Crippen molar-refractivity contribution in [2.24, 2.45) is 5.73 Å². The molecule has 3 N–H and O–H groups in total. The molecule has 0 spiro atoms. The first kappa shape index (κ1) is 20.4. The molecule has 0 aliphatic heterocycles. The van der Waals surface area contributed by atoms with Crippen LogP contribution in [0.3, 0.4) is 0 Å². The van der Waals surface area contributed by atoms with Gasteiger partial charge in [0.05, 0.1) is 6.54 Å². The molecule has 0 fully saturated rings. The van der Waals surface area contributed by atoms with E-state index in [9.17, 15) is 4.79 Å². The zero-order chi connectivity index (χ0) is 14.5. The van der Waals surface area contributed by atoms with Gasteiger partial charge < -0.3 is 15.6 Å².